The Hall–Kier alpha value is -2.89. The number of benzene rings is 1. The lowest BCUT2D eigenvalue weighted by Gasteiger charge is -2.33. The highest BCUT2D eigenvalue weighted by atomic mass is 16.3. The van der Waals surface area contributed by atoms with Crippen molar-refractivity contribution in [2.45, 2.75) is 53.5 Å². The summed E-state index contributed by atoms with van der Waals surface area (Å²) in [4.78, 5) is 24.3. The summed E-state index contributed by atoms with van der Waals surface area (Å²) in [6.45, 7) is 10.1. The molecular formula is C24H30N4O2. The summed E-state index contributed by atoms with van der Waals surface area (Å²) < 4.78 is 5.83. The van der Waals surface area contributed by atoms with Gasteiger partial charge in [0.2, 0.25) is 11.6 Å². The lowest BCUT2D eigenvalue weighted by atomic mass is 9.96. The van der Waals surface area contributed by atoms with Crippen LogP contribution in [0.15, 0.2) is 28.7 Å². The van der Waals surface area contributed by atoms with Gasteiger partial charge in [-0.2, -0.15) is 4.98 Å². The quantitative estimate of drug-likeness (QED) is 0.686. The van der Waals surface area contributed by atoms with Gasteiger partial charge >= 0.3 is 0 Å². The molecule has 6 heteroatoms. The van der Waals surface area contributed by atoms with Crippen LogP contribution in [0.1, 0.15) is 48.0 Å². The lowest BCUT2D eigenvalue weighted by molar-refractivity contribution is -0.125. The molecule has 1 unspecified atom stereocenters. The monoisotopic (exact) mass is 406 g/mol. The van der Waals surface area contributed by atoms with E-state index >= 15 is 0 Å². The van der Waals surface area contributed by atoms with Gasteiger partial charge in [-0.25, -0.2) is 4.98 Å². The smallest absolute Gasteiger partial charge is 0.231 e. The van der Waals surface area contributed by atoms with Crippen LogP contribution < -0.4 is 10.2 Å². The van der Waals surface area contributed by atoms with Crippen LogP contribution in [0.4, 0.5) is 5.82 Å². The van der Waals surface area contributed by atoms with Crippen LogP contribution in [-0.4, -0.2) is 29.0 Å². The Kier molecular flexibility index (Phi) is 5.75. The van der Waals surface area contributed by atoms with Gasteiger partial charge in [0.1, 0.15) is 17.4 Å². The van der Waals surface area contributed by atoms with Gasteiger partial charge in [0, 0.05) is 25.2 Å². The molecule has 4 rings (SSSR count). The third-order valence-corrected chi connectivity index (χ3v) is 6.11. The first-order chi connectivity index (χ1) is 14.5. The number of carbonyl (C=O) groups is 1. The average Bonchev–Trinajstić information content (AvgIpc) is 3.05. The average molecular weight is 407 g/mol. The molecule has 1 amide bonds. The summed E-state index contributed by atoms with van der Waals surface area (Å²) in [6, 6.07) is 8.44. The molecule has 30 heavy (non-hydrogen) atoms. The highest BCUT2D eigenvalue weighted by molar-refractivity contribution is 5.90. The zero-order valence-corrected chi connectivity index (χ0v) is 18.3. The zero-order valence-electron chi connectivity index (χ0n) is 18.3. The van der Waals surface area contributed by atoms with Crippen molar-refractivity contribution in [2.24, 2.45) is 5.92 Å². The predicted octanol–water partition coefficient (Wildman–Crippen LogP) is 4.24. The van der Waals surface area contributed by atoms with E-state index in [1.54, 1.807) is 0 Å². The maximum Gasteiger partial charge on any atom is 0.231 e. The zero-order chi connectivity index (χ0) is 21.3. The van der Waals surface area contributed by atoms with Crippen molar-refractivity contribution in [2.75, 3.05) is 18.0 Å². The number of aromatic nitrogens is 2. The fourth-order valence-corrected chi connectivity index (χ4v) is 4.17. The molecule has 2 aromatic heterocycles. The van der Waals surface area contributed by atoms with Gasteiger partial charge in [-0.3, -0.25) is 4.79 Å². The van der Waals surface area contributed by atoms with Crippen molar-refractivity contribution in [3.63, 3.8) is 0 Å². The van der Waals surface area contributed by atoms with Crippen LogP contribution in [0.25, 0.3) is 11.1 Å². The fraction of sp³-hybridized carbons (Fsp3) is 0.458. The van der Waals surface area contributed by atoms with Crippen molar-refractivity contribution < 1.29 is 9.21 Å². The SMILES string of the molecule is CCc1ccc(CNC(=O)C2CCCN(c3nc(C)nc4oc(C)c(C)c34)C2)cc1. The molecule has 1 aliphatic rings. The van der Waals surface area contributed by atoms with Crippen LogP contribution >= 0.6 is 0 Å². The summed E-state index contributed by atoms with van der Waals surface area (Å²) in [6.07, 6.45) is 2.88. The van der Waals surface area contributed by atoms with Crippen LogP contribution in [0.2, 0.25) is 0 Å². The highest BCUT2D eigenvalue weighted by Gasteiger charge is 2.29. The Balaban J connectivity index is 1.48. The maximum absolute atomic E-state index is 12.9. The highest BCUT2D eigenvalue weighted by Crippen LogP contribution is 2.33. The number of fused-ring (bicyclic) bond motifs is 1. The second-order valence-corrected chi connectivity index (χ2v) is 8.23. The minimum absolute atomic E-state index is 0.0488. The number of furan rings is 1. The fourth-order valence-electron chi connectivity index (χ4n) is 4.17. The molecule has 1 N–H and O–H groups in total. The second kappa shape index (κ2) is 8.46. The third-order valence-electron chi connectivity index (χ3n) is 6.11. The number of hydrogen-bond acceptors (Lipinski definition) is 5. The van der Waals surface area contributed by atoms with Gasteiger partial charge in [-0.15, -0.1) is 0 Å². The maximum atomic E-state index is 12.9. The Morgan fingerprint density at radius 3 is 2.63 bits per heavy atom. The van der Waals surface area contributed by atoms with Crippen LogP contribution in [0.5, 0.6) is 0 Å². The number of anilines is 1. The summed E-state index contributed by atoms with van der Waals surface area (Å²) in [7, 11) is 0. The molecule has 0 saturated carbocycles. The van der Waals surface area contributed by atoms with E-state index in [0.717, 1.165) is 53.9 Å². The van der Waals surface area contributed by atoms with Crippen molar-refractivity contribution in [1.82, 2.24) is 15.3 Å². The Labute approximate surface area is 177 Å². The molecular weight excluding hydrogens is 376 g/mol. The van der Waals surface area contributed by atoms with Crippen LogP contribution in [-0.2, 0) is 17.8 Å². The predicted molar refractivity (Wildman–Crippen MR) is 119 cm³/mol. The molecule has 3 heterocycles. The molecule has 1 saturated heterocycles. The van der Waals surface area contributed by atoms with E-state index in [0.29, 0.717) is 24.6 Å². The number of aryl methyl sites for hydroxylation is 4. The topological polar surface area (TPSA) is 71.3 Å². The first kappa shape index (κ1) is 20.4. The molecule has 3 aromatic rings. The normalized spacial score (nSPS) is 16.8. The van der Waals surface area contributed by atoms with E-state index in [2.05, 4.69) is 46.4 Å². The molecule has 0 aliphatic carbocycles. The minimum atomic E-state index is -0.0488. The Bertz CT molecular complexity index is 1060. The lowest BCUT2D eigenvalue weighted by Crippen LogP contribution is -2.43. The molecule has 158 valence electrons. The summed E-state index contributed by atoms with van der Waals surface area (Å²) in [5.41, 5.74) is 4.15. The van der Waals surface area contributed by atoms with E-state index in [1.165, 1.54) is 5.56 Å². The van der Waals surface area contributed by atoms with Crippen molar-refractivity contribution >= 4 is 22.8 Å². The number of hydrogen-bond donors (Lipinski definition) is 1. The summed E-state index contributed by atoms with van der Waals surface area (Å²) >= 11 is 0. The van der Waals surface area contributed by atoms with Gasteiger partial charge in [-0.05, 0) is 51.2 Å². The summed E-state index contributed by atoms with van der Waals surface area (Å²) in [5.74, 6) is 2.51. The molecule has 1 fully saturated rings. The summed E-state index contributed by atoms with van der Waals surface area (Å²) in [5, 5.41) is 4.09. The van der Waals surface area contributed by atoms with E-state index in [4.69, 9.17) is 9.40 Å². The largest absolute Gasteiger partial charge is 0.443 e. The third kappa shape index (κ3) is 4.04. The molecule has 1 aromatic carbocycles. The van der Waals surface area contributed by atoms with Crippen LogP contribution in [0.3, 0.4) is 0 Å². The van der Waals surface area contributed by atoms with E-state index in [1.807, 2.05) is 20.8 Å². The van der Waals surface area contributed by atoms with Crippen molar-refractivity contribution in [1.29, 1.82) is 0 Å². The minimum Gasteiger partial charge on any atom is -0.443 e. The first-order valence-corrected chi connectivity index (χ1v) is 10.8. The van der Waals surface area contributed by atoms with E-state index < -0.39 is 0 Å². The van der Waals surface area contributed by atoms with E-state index in [9.17, 15) is 4.79 Å². The van der Waals surface area contributed by atoms with Gasteiger partial charge in [0.15, 0.2) is 0 Å². The molecule has 0 radical (unpaired) electrons. The molecule has 1 atom stereocenters. The Morgan fingerprint density at radius 1 is 1.17 bits per heavy atom. The Morgan fingerprint density at radius 2 is 1.90 bits per heavy atom. The number of nitrogens with one attached hydrogen (secondary N) is 1. The van der Waals surface area contributed by atoms with E-state index in [-0.39, 0.29) is 11.8 Å². The standard InChI is InChI=1S/C24H30N4O2/c1-5-18-8-10-19(11-9-18)13-25-23(29)20-7-6-12-28(14-20)22-21-15(2)16(3)30-24(21)27-17(4)26-22/h8-11,20H,5-7,12-14H2,1-4H3,(H,25,29). The number of rotatable bonds is 5. The number of nitrogens with zero attached hydrogens (tertiary/aromatic N) is 3. The van der Waals surface area contributed by atoms with Crippen molar-refractivity contribution in [3.05, 3.63) is 52.5 Å². The number of carbonyl (C=O) groups excluding carboxylic acids is 1. The van der Waals surface area contributed by atoms with Gasteiger partial charge in [0.25, 0.3) is 0 Å². The molecule has 0 bridgehead atoms. The molecule has 6 nitrogen and oxygen atoms in total. The number of piperidine rings is 1. The van der Waals surface area contributed by atoms with Crippen LogP contribution in [0, 0.1) is 26.7 Å². The van der Waals surface area contributed by atoms with Gasteiger partial charge < -0.3 is 14.6 Å². The molecule has 1 aliphatic heterocycles. The first-order valence-electron chi connectivity index (χ1n) is 10.8. The number of amides is 1. The molecule has 0 spiro atoms. The van der Waals surface area contributed by atoms with Crippen molar-refractivity contribution in [3.8, 4) is 0 Å². The van der Waals surface area contributed by atoms with Gasteiger partial charge in [0.05, 0.1) is 11.3 Å². The van der Waals surface area contributed by atoms with Gasteiger partial charge in [-0.1, -0.05) is 31.2 Å². The second-order valence-electron chi connectivity index (χ2n) is 8.23.